The molecule has 0 fully saturated rings. The van der Waals surface area contributed by atoms with Crippen LogP contribution in [0, 0.1) is 6.92 Å². The molecule has 2 N–H and O–H groups in total. The Bertz CT molecular complexity index is 349. The Morgan fingerprint density at radius 3 is 2.47 bits per heavy atom. The average Bonchev–Trinajstić information content (AvgIpc) is 1.99. The number of hydrogen-bond acceptors (Lipinski definition) is 1. The van der Waals surface area contributed by atoms with E-state index in [4.69, 9.17) is 5.73 Å². The van der Waals surface area contributed by atoms with Crippen LogP contribution in [0.5, 0.6) is 0 Å². The zero-order valence-electron chi connectivity index (χ0n) is 8.11. The van der Waals surface area contributed by atoms with Crippen molar-refractivity contribution in [1.29, 1.82) is 0 Å². The summed E-state index contributed by atoms with van der Waals surface area (Å²) < 4.78 is 36.9. The SMILES string of the molecule is Cc1ccc([C@@H](N)CC(F)(F)F)c(Br)c1. The minimum absolute atomic E-state index is 0.484. The molecule has 0 aliphatic heterocycles. The molecule has 1 aromatic rings. The number of alkyl halides is 3. The van der Waals surface area contributed by atoms with E-state index in [9.17, 15) is 13.2 Å². The fraction of sp³-hybridized carbons (Fsp3) is 0.400. The van der Waals surface area contributed by atoms with Gasteiger partial charge in [-0.3, -0.25) is 0 Å². The van der Waals surface area contributed by atoms with Gasteiger partial charge in [0.15, 0.2) is 0 Å². The quantitative estimate of drug-likeness (QED) is 0.879. The molecule has 0 saturated carbocycles. The number of hydrogen-bond donors (Lipinski definition) is 1. The monoisotopic (exact) mass is 281 g/mol. The van der Waals surface area contributed by atoms with Crippen molar-refractivity contribution < 1.29 is 13.2 Å². The molecule has 0 unspecified atom stereocenters. The Labute approximate surface area is 94.6 Å². The molecule has 0 radical (unpaired) electrons. The molecule has 1 rings (SSSR count). The zero-order chi connectivity index (χ0) is 11.6. The number of rotatable bonds is 2. The van der Waals surface area contributed by atoms with Gasteiger partial charge in [0.1, 0.15) is 0 Å². The molecular weight excluding hydrogens is 271 g/mol. The maximum atomic E-state index is 12.1. The highest BCUT2D eigenvalue weighted by atomic mass is 79.9. The summed E-state index contributed by atoms with van der Waals surface area (Å²) in [6, 6.07) is 4.11. The molecule has 0 bridgehead atoms. The second-order valence-corrected chi connectivity index (χ2v) is 4.31. The molecule has 0 heterocycles. The summed E-state index contributed by atoms with van der Waals surface area (Å²) in [6.45, 7) is 1.86. The van der Waals surface area contributed by atoms with E-state index >= 15 is 0 Å². The predicted octanol–water partition coefficient (Wildman–Crippen LogP) is 3.71. The predicted molar refractivity (Wildman–Crippen MR) is 56.5 cm³/mol. The molecule has 1 nitrogen and oxygen atoms in total. The van der Waals surface area contributed by atoms with Crippen LogP contribution in [-0.4, -0.2) is 6.18 Å². The molecule has 1 aromatic carbocycles. The van der Waals surface area contributed by atoms with Crippen LogP contribution in [0.3, 0.4) is 0 Å². The second-order valence-electron chi connectivity index (χ2n) is 3.45. The Morgan fingerprint density at radius 1 is 1.40 bits per heavy atom. The maximum absolute atomic E-state index is 12.1. The van der Waals surface area contributed by atoms with Gasteiger partial charge in [-0.25, -0.2) is 0 Å². The Hall–Kier alpha value is -0.550. The van der Waals surface area contributed by atoms with Crippen molar-refractivity contribution in [2.75, 3.05) is 0 Å². The first-order chi connectivity index (χ1) is 6.79. The third kappa shape index (κ3) is 3.83. The van der Waals surface area contributed by atoms with Crippen LogP contribution in [0.15, 0.2) is 22.7 Å². The van der Waals surface area contributed by atoms with Crippen LogP contribution < -0.4 is 5.73 Å². The highest BCUT2D eigenvalue weighted by molar-refractivity contribution is 9.10. The fourth-order valence-corrected chi connectivity index (χ4v) is 2.08. The van der Waals surface area contributed by atoms with Gasteiger partial charge in [-0.1, -0.05) is 28.1 Å². The van der Waals surface area contributed by atoms with E-state index in [0.717, 1.165) is 5.56 Å². The van der Waals surface area contributed by atoms with Crippen LogP contribution >= 0.6 is 15.9 Å². The lowest BCUT2D eigenvalue weighted by atomic mass is 10.0. The van der Waals surface area contributed by atoms with E-state index < -0.39 is 18.6 Å². The first kappa shape index (κ1) is 12.5. The first-order valence-corrected chi connectivity index (χ1v) is 5.17. The number of benzene rings is 1. The molecule has 15 heavy (non-hydrogen) atoms. The van der Waals surface area contributed by atoms with Gasteiger partial charge in [0, 0.05) is 10.5 Å². The van der Waals surface area contributed by atoms with Gasteiger partial charge in [0.05, 0.1) is 6.42 Å². The van der Waals surface area contributed by atoms with Crippen LogP contribution in [0.2, 0.25) is 0 Å². The standard InChI is InChI=1S/C10H11BrF3N/c1-6-2-3-7(8(11)4-6)9(15)5-10(12,13)14/h2-4,9H,5,15H2,1H3/t9-/m0/s1. The molecule has 0 spiro atoms. The van der Waals surface area contributed by atoms with Gasteiger partial charge in [-0.15, -0.1) is 0 Å². The Balaban J connectivity index is 2.87. The molecule has 0 aliphatic carbocycles. The molecule has 0 amide bonds. The summed E-state index contributed by atoms with van der Waals surface area (Å²) in [5.41, 5.74) is 6.94. The van der Waals surface area contributed by atoms with Crippen molar-refractivity contribution in [1.82, 2.24) is 0 Å². The molecule has 84 valence electrons. The highest BCUT2D eigenvalue weighted by Crippen LogP contribution is 2.31. The van der Waals surface area contributed by atoms with Crippen LogP contribution in [-0.2, 0) is 0 Å². The maximum Gasteiger partial charge on any atom is 0.390 e. The van der Waals surface area contributed by atoms with E-state index in [1.165, 1.54) is 0 Å². The van der Waals surface area contributed by atoms with E-state index in [0.29, 0.717) is 10.0 Å². The van der Waals surface area contributed by atoms with Gasteiger partial charge in [0.2, 0.25) is 0 Å². The largest absolute Gasteiger partial charge is 0.390 e. The molecule has 5 heteroatoms. The van der Waals surface area contributed by atoms with Crippen LogP contribution in [0.1, 0.15) is 23.6 Å². The summed E-state index contributed by atoms with van der Waals surface area (Å²) in [5.74, 6) is 0. The van der Waals surface area contributed by atoms with E-state index in [1.807, 2.05) is 6.92 Å². The number of halogens is 4. The molecule has 0 aromatic heterocycles. The van der Waals surface area contributed by atoms with Crippen molar-refractivity contribution in [2.45, 2.75) is 25.6 Å². The van der Waals surface area contributed by atoms with Crippen molar-refractivity contribution >= 4 is 15.9 Å². The highest BCUT2D eigenvalue weighted by Gasteiger charge is 2.31. The third-order valence-electron chi connectivity index (χ3n) is 2.01. The summed E-state index contributed by atoms with van der Waals surface area (Å²) in [4.78, 5) is 0. The lowest BCUT2D eigenvalue weighted by molar-refractivity contribution is -0.138. The summed E-state index contributed by atoms with van der Waals surface area (Å²) in [5, 5.41) is 0. The second kappa shape index (κ2) is 4.53. The van der Waals surface area contributed by atoms with Crippen molar-refractivity contribution in [3.63, 3.8) is 0 Å². The fourth-order valence-electron chi connectivity index (χ4n) is 1.29. The van der Waals surface area contributed by atoms with Gasteiger partial charge in [-0.2, -0.15) is 13.2 Å². The molecule has 0 saturated heterocycles. The summed E-state index contributed by atoms with van der Waals surface area (Å²) in [6.07, 6.45) is -5.24. The van der Waals surface area contributed by atoms with Gasteiger partial charge >= 0.3 is 6.18 Å². The summed E-state index contributed by atoms with van der Waals surface area (Å²) >= 11 is 3.21. The van der Waals surface area contributed by atoms with E-state index in [1.54, 1.807) is 18.2 Å². The Kier molecular flexibility index (Phi) is 3.78. The number of nitrogens with two attached hydrogens (primary N) is 1. The average molecular weight is 282 g/mol. The normalized spacial score (nSPS) is 14.0. The van der Waals surface area contributed by atoms with E-state index in [-0.39, 0.29) is 0 Å². The van der Waals surface area contributed by atoms with Crippen molar-refractivity contribution in [3.05, 3.63) is 33.8 Å². The summed E-state index contributed by atoms with van der Waals surface area (Å²) in [7, 11) is 0. The first-order valence-electron chi connectivity index (χ1n) is 4.38. The zero-order valence-corrected chi connectivity index (χ0v) is 9.69. The molecule has 0 aliphatic rings. The minimum Gasteiger partial charge on any atom is -0.324 e. The third-order valence-corrected chi connectivity index (χ3v) is 2.69. The van der Waals surface area contributed by atoms with Crippen LogP contribution in [0.25, 0.3) is 0 Å². The van der Waals surface area contributed by atoms with E-state index in [2.05, 4.69) is 15.9 Å². The Morgan fingerprint density at radius 2 is 2.00 bits per heavy atom. The smallest absolute Gasteiger partial charge is 0.324 e. The van der Waals surface area contributed by atoms with Gasteiger partial charge in [0.25, 0.3) is 0 Å². The molecule has 1 atom stereocenters. The van der Waals surface area contributed by atoms with Crippen molar-refractivity contribution in [3.8, 4) is 0 Å². The lowest BCUT2D eigenvalue weighted by Gasteiger charge is -2.16. The number of aryl methyl sites for hydroxylation is 1. The minimum atomic E-state index is -4.23. The molecular formula is C10H11BrF3N. The van der Waals surface area contributed by atoms with Crippen LogP contribution in [0.4, 0.5) is 13.2 Å². The van der Waals surface area contributed by atoms with Gasteiger partial charge in [-0.05, 0) is 24.1 Å². The van der Waals surface area contributed by atoms with Gasteiger partial charge < -0.3 is 5.73 Å². The van der Waals surface area contributed by atoms with Crippen molar-refractivity contribution in [2.24, 2.45) is 5.73 Å². The topological polar surface area (TPSA) is 26.0 Å². The lowest BCUT2D eigenvalue weighted by Crippen LogP contribution is -2.20.